The normalized spacial score (nSPS) is 11.7. The Morgan fingerprint density at radius 3 is 2.45 bits per heavy atom. The molecule has 0 aliphatic heterocycles. The molecular formula is C16H22F2N2O2. The smallest absolute Gasteiger partial charge is 0.319 e. The summed E-state index contributed by atoms with van der Waals surface area (Å²) in [5, 5.41) is 14.1. The minimum atomic E-state index is -1.35. The van der Waals surface area contributed by atoms with Crippen molar-refractivity contribution in [3.63, 3.8) is 0 Å². The SMILES string of the molecule is C=C(O)C(F)CCCCCCNC(=O)Nc1ccc(F)cc1. The predicted octanol–water partition coefficient (Wildman–Crippen LogP) is 4.31. The largest absolute Gasteiger partial charge is 0.510 e. The van der Waals surface area contributed by atoms with Crippen LogP contribution in [0.25, 0.3) is 0 Å². The van der Waals surface area contributed by atoms with E-state index in [4.69, 9.17) is 5.11 Å². The molecule has 0 bridgehead atoms. The number of amides is 2. The molecule has 1 unspecified atom stereocenters. The van der Waals surface area contributed by atoms with Gasteiger partial charge in [0.05, 0.1) is 0 Å². The van der Waals surface area contributed by atoms with E-state index in [-0.39, 0.29) is 18.3 Å². The van der Waals surface area contributed by atoms with Gasteiger partial charge in [-0.1, -0.05) is 25.8 Å². The van der Waals surface area contributed by atoms with Crippen molar-refractivity contribution in [2.45, 2.75) is 38.3 Å². The van der Waals surface area contributed by atoms with E-state index >= 15 is 0 Å². The number of hydrogen-bond donors (Lipinski definition) is 3. The maximum absolute atomic E-state index is 13.0. The number of aliphatic hydroxyl groups is 1. The van der Waals surface area contributed by atoms with Crippen LogP contribution in [0.2, 0.25) is 0 Å². The number of unbranched alkanes of at least 4 members (excludes halogenated alkanes) is 3. The maximum atomic E-state index is 13.0. The Hall–Kier alpha value is -2.11. The third kappa shape index (κ3) is 7.61. The van der Waals surface area contributed by atoms with Crippen molar-refractivity contribution in [2.24, 2.45) is 0 Å². The number of halogens is 2. The van der Waals surface area contributed by atoms with Crippen LogP contribution in [0, 0.1) is 5.82 Å². The predicted molar refractivity (Wildman–Crippen MR) is 83.2 cm³/mol. The number of anilines is 1. The Morgan fingerprint density at radius 1 is 1.18 bits per heavy atom. The summed E-state index contributed by atoms with van der Waals surface area (Å²) in [6.45, 7) is 3.66. The number of alkyl halides is 1. The Balaban J connectivity index is 2.03. The monoisotopic (exact) mass is 312 g/mol. The minimum Gasteiger partial charge on any atom is -0.510 e. The summed E-state index contributed by atoms with van der Waals surface area (Å²) in [5.74, 6) is -0.773. The molecule has 0 aromatic heterocycles. The minimum absolute atomic E-state index is 0.272. The van der Waals surface area contributed by atoms with Crippen LogP contribution in [0.1, 0.15) is 32.1 Å². The van der Waals surface area contributed by atoms with Gasteiger partial charge >= 0.3 is 6.03 Å². The first-order chi connectivity index (χ1) is 10.5. The van der Waals surface area contributed by atoms with Gasteiger partial charge in [0.2, 0.25) is 0 Å². The Bertz CT molecular complexity index is 478. The van der Waals surface area contributed by atoms with Gasteiger partial charge in [0.15, 0.2) is 6.17 Å². The highest BCUT2D eigenvalue weighted by Gasteiger charge is 2.08. The zero-order valence-electron chi connectivity index (χ0n) is 12.4. The average molecular weight is 312 g/mol. The van der Waals surface area contributed by atoms with E-state index in [1.807, 2.05) is 0 Å². The lowest BCUT2D eigenvalue weighted by Gasteiger charge is -2.08. The van der Waals surface area contributed by atoms with E-state index in [0.717, 1.165) is 19.3 Å². The topological polar surface area (TPSA) is 61.4 Å². The zero-order valence-corrected chi connectivity index (χ0v) is 12.4. The molecule has 122 valence electrons. The molecule has 3 N–H and O–H groups in total. The van der Waals surface area contributed by atoms with Crippen LogP contribution >= 0.6 is 0 Å². The van der Waals surface area contributed by atoms with Crippen LogP contribution < -0.4 is 10.6 Å². The van der Waals surface area contributed by atoms with Crippen LogP contribution in [-0.4, -0.2) is 23.9 Å². The molecule has 1 atom stereocenters. The average Bonchev–Trinajstić information content (AvgIpc) is 2.48. The van der Waals surface area contributed by atoms with Gasteiger partial charge in [0, 0.05) is 12.2 Å². The number of nitrogens with one attached hydrogen (secondary N) is 2. The molecule has 0 aliphatic rings. The van der Waals surface area contributed by atoms with Crippen LogP contribution in [0.5, 0.6) is 0 Å². The molecule has 1 aromatic rings. The lowest BCUT2D eigenvalue weighted by atomic mass is 10.1. The summed E-state index contributed by atoms with van der Waals surface area (Å²) >= 11 is 0. The first-order valence-electron chi connectivity index (χ1n) is 7.31. The van der Waals surface area contributed by atoms with E-state index in [0.29, 0.717) is 18.7 Å². The summed E-state index contributed by atoms with van der Waals surface area (Å²) in [6.07, 6.45) is 2.07. The van der Waals surface area contributed by atoms with E-state index in [2.05, 4.69) is 17.2 Å². The van der Waals surface area contributed by atoms with Crippen LogP contribution in [-0.2, 0) is 0 Å². The van der Waals surface area contributed by atoms with Gasteiger partial charge in [0.25, 0.3) is 0 Å². The van der Waals surface area contributed by atoms with Crippen molar-refractivity contribution in [3.8, 4) is 0 Å². The van der Waals surface area contributed by atoms with Crippen LogP contribution in [0.3, 0.4) is 0 Å². The number of rotatable bonds is 9. The molecule has 0 radical (unpaired) electrons. The number of carbonyl (C=O) groups excluding carboxylic acids is 1. The van der Waals surface area contributed by atoms with Gasteiger partial charge in [0.1, 0.15) is 11.6 Å². The van der Waals surface area contributed by atoms with Crippen molar-refractivity contribution in [1.29, 1.82) is 0 Å². The Kier molecular flexibility index (Phi) is 7.96. The van der Waals surface area contributed by atoms with E-state index in [1.54, 1.807) is 0 Å². The Morgan fingerprint density at radius 2 is 1.82 bits per heavy atom. The van der Waals surface area contributed by atoms with Gasteiger partial charge in [-0.15, -0.1) is 0 Å². The van der Waals surface area contributed by atoms with Gasteiger partial charge < -0.3 is 15.7 Å². The number of carbonyl (C=O) groups is 1. The number of allylic oxidation sites excluding steroid dienone is 1. The molecule has 0 saturated heterocycles. The standard InChI is InChI=1S/C16H22F2N2O2/c1-12(21)15(18)6-4-2-3-5-11-19-16(22)20-14-9-7-13(17)8-10-14/h7-10,15,21H,1-6,11H2,(H2,19,20,22). The highest BCUT2D eigenvalue weighted by Crippen LogP contribution is 2.12. The van der Waals surface area contributed by atoms with Crippen molar-refractivity contribution in [2.75, 3.05) is 11.9 Å². The van der Waals surface area contributed by atoms with Crippen molar-refractivity contribution in [1.82, 2.24) is 5.32 Å². The summed E-state index contributed by atoms with van der Waals surface area (Å²) in [7, 11) is 0. The number of urea groups is 1. The van der Waals surface area contributed by atoms with Crippen molar-refractivity contribution < 1.29 is 18.7 Å². The van der Waals surface area contributed by atoms with Crippen LogP contribution in [0.4, 0.5) is 19.3 Å². The second kappa shape index (κ2) is 9.76. The second-order valence-electron chi connectivity index (χ2n) is 5.05. The van der Waals surface area contributed by atoms with E-state index < -0.39 is 11.9 Å². The second-order valence-corrected chi connectivity index (χ2v) is 5.05. The molecular weight excluding hydrogens is 290 g/mol. The fraction of sp³-hybridized carbons (Fsp3) is 0.438. The third-order valence-corrected chi connectivity index (χ3v) is 3.13. The fourth-order valence-electron chi connectivity index (χ4n) is 1.88. The Labute approximate surface area is 129 Å². The van der Waals surface area contributed by atoms with Gasteiger partial charge in [-0.3, -0.25) is 0 Å². The van der Waals surface area contributed by atoms with Crippen LogP contribution in [0.15, 0.2) is 36.6 Å². The van der Waals surface area contributed by atoms with Gasteiger partial charge in [-0.05, 0) is 37.1 Å². The molecule has 0 spiro atoms. The summed E-state index contributed by atoms with van der Waals surface area (Å²) < 4.78 is 25.7. The van der Waals surface area contributed by atoms with Gasteiger partial charge in [-0.25, -0.2) is 13.6 Å². The first kappa shape index (κ1) is 17.9. The zero-order chi connectivity index (χ0) is 16.4. The third-order valence-electron chi connectivity index (χ3n) is 3.13. The molecule has 1 rings (SSSR count). The van der Waals surface area contributed by atoms with Crippen molar-refractivity contribution in [3.05, 3.63) is 42.4 Å². The molecule has 2 amide bonds. The van der Waals surface area contributed by atoms with Gasteiger partial charge in [-0.2, -0.15) is 0 Å². The highest BCUT2D eigenvalue weighted by molar-refractivity contribution is 5.89. The summed E-state index contributed by atoms with van der Waals surface area (Å²) in [5.41, 5.74) is 0.525. The molecule has 22 heavy (non-hydrogen) atoms. The lowest BCUT2D eigenvalue weighted by Crippen LogP contribution is -2.29. The molecule has 0 heterocycles. The molecule has 0 aliphatic carbocycles. The number of aliphatic hydroxyl groups excluding tert-OH is 1. The molecule has 1 aromatic carbocycles. The molecule has 0 saturated carbocycles. The lowest BCUT2D eigenvalue weighted by molar-refractivity contribution is 0.245. The molecule has 4 nitrogen and oxygen atoms in total. The maximum Gasteiger partial charge on any atom is 0.319 e. The van der Waals surface area contributed by atoms with E-state index in [9.17, 15) is 13.6 Å². The van der Waals surface area contributed by atoms with Crippen molar-refractivity contribution >= 4 is 11.7 Å². The summed E-state index contributed by atoms with van der Waals surface area (Å²) in [4.78, 5) is 11.5. The van der Waals surface area contributed by atoms with E-state index in [1.165, 1.54) is 24.3 Å². The highest BCUT2D eigenvalue weighted by atomic mass is 19.1. The number of hydrogen-bond acceptors (Lipinski definition) is 2. The quantitative estimate of drug-likeness (QED) is 0.470. The fourth-order valence-corrected chi connectivity index (χ4v) is 1.88. The first-order valence-corrected chi connectivity index (χ1v) is 7.31. The molecule has 0 fully saturated rings. The number of benzene rings is 1. The molecule has 6 heteroatoms. The summed E-state index contributed by atoms with van der Waals surface area (Å²) in [6, 6.07) is 5.17.